The molecule has 1 aliphatic heterocycles. The van der Waals surface area contributed by atoms with E-state index >= 15 is 0 Å². The Morgan fingerprint density at radius 3 is 2.40 bits per heavy atom. The van der Waals surface area contributed by atoms with E-state index in [4.69, 9.17) is 0 Å². The average Bonchev–Trinajstić information content (AvgIpc) is 2.34. The molecule has 0 spiro atoms. The Balaban J connectivity index is 0.000000810. The molecule has 1 N–H and O–H groups in total. The van der Waals surface area contributed by atoms with Gasteiger partial charge in [-0.05, 0) is 13.3 Å². The summed E-state index contributed by atoms with van der Waals surface area (Å²) in [5.41, 5.74) is 0. The van der Waals surface area contributed by atoms with Crippen molar-refractivity contribution in [3.05, 3.63) is 0 Å². The van der Waals surface area contributed by atoms with Crippen LogP contribution < -0.4 is 17.3 Å². The van der Waals surface area contributed by atoms with Crippen molar-refractivity contribution in [2.75, 3.05) is 19.6 Å². The van der Waals surface area contributed by atoms with Gasteiger partial charge in [0.2, 0.25) is 0 Å². The number of likely N-dealkylation sites (tertiary alicyclic amines) is 1. The fraction of sp³-hybridized carbons (Fsp3) is 1.00. The molecule has 2 atom stereocenters. The molecule has 0 amide bonds. The van der Waals surface area contributed by atoms with E-state index in [1.807, 2.05) is 4.90 Å². The third-order valence-electron chi connectivity index (χ3n) is 2.56. The second-order valence-corrected chi connectivity index (χ2v) is 3.12. The SMILES string of the molecule is CCC1CC[NH+](CC)C1.[Cl-]. The first-order valence-electron chi connectivity index (χ1n) is 4.20. The Hall–Kier alpha value is 0.250. The van der Waals surface area contributed by atoms with Crippen molar-refractivity contribution in [1.82, 2.24) is 0 Å². The maximum atomic E-state index is 2.31. The summed E-state index contributed by atoms with van der Waals surface area (Å²) >= 11 is 0. The van der Waals surface area contributed by atoms with E-state index < -0.39 is 0 Å². The Labute approximate surface area is 70.2 Å². The molecule has 1 fully saturated rings. The summed E-state index contributed by atoms with van der Waals surface area (Å²) in [6.07, 6.45) is 2.86. The van der Waals surface area contributed by atoms with Crippen LogP contribution in [0.25, 0.3) is 0 Å². The lowest BCUT2D eigenvalue weighted by Gasteiger charge is -2.08. The van der Waals surface area contributed by atoms with E-state index in [1.54, 1.807) is 0 Å². The summed E-state index contributed by atoms with van der Waals surface area (Å²) in [6.45, 7) is 8.79. The molecule has 2 heteroatoms. The smallest absolute Gasteiger partial charge is 0.0801 e. The molecule has 0 bridgehead atoms. The molecule has 0 aromatic rings. The van der Waals surface area contributed by atoms with Crippen molar-refractivity contribution in [3.63, 3.8) is 0 Å². The second kappa shape index (κ2) is 4.97. The minimum Gasteiger partial charge on any atom is -1.00 e. The molecule has 0 aromatic carbocycles. The summed E-state index contributed by atoms with van der Waals surface area (Å²) in [5, 5.41) is 0. The highest BCUT2D eigenvalue weighted by atomic mass is 35.5. The van der Waals surface area contributed by atoms with Crippen LogP contribution in [0, 0.1) is 5.92 Å². The lowest BCUT2D eigenvalue weighted by atomic mass is 10.1. The van der Waals surface area contributed by atoms with Gasteiger partial charge in [0.15, 0.2) is 0 Å². The number of halogens is 1. The summed E-state index contributed by atoms with van der Waals surface area (Å²) in [6, 6.07) is 0. The van der Waals surface area contributed by atoms with E-state index in [2.05, 4.69) is 13.8 Å². The fourth-order valence-electron chi connectivity index (χ4n) is 1.69. The van der Waals surface area contributed by atoms with Gasteiger partial charge in [0.1, 0.15) is 0 Å². The molecule has 62 valence electrons. The summed E-state index contributed by atoms with van der Waals surface area (Å²) in [5.74, 6) is 1.04. The van der Waals surface area contributed by atoms with Gasteiger partial charge in [0, 0.05) is 12.3 Å². The Morgan fingerprint density at radius 2 is 2.10 bits per heavy atom. The monoisotopic (exact) mass is 163 g/mol. The van der Waals surface area contributed by atoms with Gasteiger partial charge in [-0.3, -0.25) is 0 Å². The zero-order chi connectivity index (χ0) is 6.69. The number of rotatable bonds is 2. The molecule has 1 nitrogen and oxygen atoms in total. The summed E-state index contributed by atoms with van der Waals surface area (Å²) < 4.78 is 0. The second-order valence-electron chi connectivity index (χ2n) is 3.12. The predicted molar refractivity (Wildman–Crippen MR) is 39.6 cm³/mol. The van der Waals surface area contributed by atoms with Gasteiger partial charge in [-0.25, -0.2) is 0 Å². The van der Waals surface area contributed by atoms with Gasteiger partial charge >= 0.3 is 0 Å². The van der Waals surface area contributed by atoms with Gasteiger partial charge < -0.3 is 17.3 Å². The summed E-state index contributed by atoms with van der Waals surface area (Å²) in [7, 11) is 0. The number of quaternary nitrogens is 1. The molecule has 2 unspecified atom stereocenters. The normalized spacial score (nSPS) is 31.8. The zero-order valence-electron chi connectivity index (χ0n) is 6.99. The van der Waals surface area contributed by atoms with E-state index in [9.17, 15) is 0 Å². The predicted octanol–water partition coefficient (Wildman–Crippen LogP) is -2.67. The van der Waals surface area contributed by atoms with E-state index in [0.29, 0.717) is 0 Å². The van der Waals surface area contributed by atoms with Crippen molar-refractivity contribution in [2.45, 2.75) is 26.7 Å². The fourth-order valence-corrected chi connectivity index (χ4v) is 1.69. The van der Waals surface area contributed by atoms with Crippen molar-refractivity contribution < 1.29 is 17.3 Å². The first kappa shape index (κ1) is 10.2. The number of nitrogens with one attached hydrogen (secondary N) is 1. The van der Waals surface area contributed by atoms with Gasteiger partial charge in [0.25, 0.3) is 0 Å². The van der Waals surface area contributed by atoms with Crippen LogP contribution in [0.4, 0.5) is 0 Å². The Morgan fingerprint density at radius 1 is 1.40 bits per heavy atom. The van der Waals surface area contributed by atoms with Crippen LogP contribution in [-0.4, -0.2) is 19.6 Å². The first-order chi connectivity index (χ1) is 4.36. The van der Waals surface area contributed by atoms with Crippen LogP contribution in [0.1, 0.15) is 26.7 Å². The third kappa shape index (κ3) is 2.47. The van der Waals surface area contributed by atoms with Crippen LogP contribution in [0.15, 0.2) is 0 Å². The lowest BCUT2D eigenvalue weighted by molar-refractivity contribution is -0.887. The molecule has 0 aliphatic carbocycles. The Kier molecular flexibility index (Phi) is 5.10. The van der Waals surface area contributed by atoms with Crippen LogP contribution in [0.2, 0.25) is 0 Å². The van der Waals surface area contributed by atoms with Crippen LogP contribution in [-0.2, 0) is 0 Å². The molecular formula is C8H18ClN. The molecule has 0 saturated carbocycles. The Bertz CT molecular complexity index is 75.3. The van der Waals surface area contributed by atoms with Gasteiger partial charge in [-0.1, -0.05) is 6.92 Å². The number of hydrogen-bond donors (Lipinski definition) is 1. The maximum Gasteiger partial charge on any atom is 0.0801 e. The maximum absolute atomic E-state index is 2.31. The lowest BCUT2D eigenvalue weighted by Crippen LogP contribution is -3.09. The van der Waals surface area contributed by atoms with Crippen molar-refractivity contribution in [2.24, 2.45) is 5.92 Å². The van der Waals surface area contributed by atoms with E-state index in [1.165, 1.54) is 32.5 Å². The van der Waals surface area contributed by atoms with E-state index in [-0.39, 0.29) is 12.4 Å². The zero-order valence-corrected chi connectivity index (χ0v) is 7.75. The van der Waals surface area contributed by atoms with Crippen molar-refractivity contribution in [3.8, 4) is 0 Å². The van der Waals surface area contributed by atoms with Crippen LogP contribution in [0.3, 0.4) is 0 Å². The third-order valence-corrected chi connectivity index (χ3v) is 2.56. The average molecular weight is 164 g/mol. The highest BCUT2D eigenvalue weighted by Crippen LogP contribution is 2.07. The summed E-state index contributed by atoms with van der Waals surface area (Å²) in [4.78, 5) is 1.81. The van der Waals surface area contributed by atoms with Crippen molar-refractivity contribution in [1.29, 1.82) is 0 Å². The quantitative estimate of drug-likeness (QED) is 0.453. The minimum absolute atomic E-state index is 0. The first-order valence-corrected chi connectivity index (χ1v) is 4.20. The molecule has 0 radical (unpaired) electrons. The molecule has 0 aromatic heterocycles. The molecule has 1 heterocycles. The van der Waals surface area contributed by atoms with E-state index in [0.717, 1.165) is 5.92 Å². The van der Waals surface area contributed by atoms with Crippen LogP contribution in [0.5, 0.6) is 0 Å². The molecule has 10 heavy (non-hydrogen) atoms. The topological polar surface area (TPSA) is 4.44 Å². The molecular weight excluding hydrogens is 146 g/mol. The molecule has 1 saturated heterocycles. The molecule has 1 rings (SSSR count). The van der Waals surface area contributed by atoms with Gasteiger partial charge in [-0.2, -0.15) is 0 Å². The standard InChI is InChI=1S/C8H17N.ClH/c1-3-8-5-6-9(4-2)7-8;/h8H,3-7H2,1-2H3;1H. The highest BCUT2D eigenvalue weighted by molar-refractivity contribution is 4.58. The largest absolute Gasteiger partial charge is 1.00 e. The van der Waals surface area contributed by atoms with Crippen LogP contribution >= 0.6 is 0 Å². The van der Waals surface area contributed by atoms with Gasteiger partial charge in [0.05, 0.1) is 19.6 Å². The highest BCUT2D eigenvalue weighted by Gasteiger charge is 2.22. The number of hydrogen-bond acceptors (Lipinski definition) is 0. The minimum atomic E-state index is 0. The van der Waals surface area contributed by atoms with Gasteiger partial charge in [-0.15, -0.1) is 0 Å². The van der Waals surface area contributed by atoms with Crippen molar-refractivity contribution >= 4 is 0 Å². The molecule has 1 aliphatic rings.